The summed E-state index contributed by atoms with van der Waals surface area (Å²) in [5, 5.41) is 14.0. The van der Waals surface area contributed by atoms with Gasteiger partial charge in [-0.25, -0.2) is 4.98 Å². The number of nitrogens with one attached hydrogen (secondary N) is 1. The van der Waals surface area contributed by atoms with Crippen LogP contribution in [-0.4, -0.2) is 37.3 Å². The first kappa shape index (κ1) is 17.4. The van der Waals surface area contributed by atoms with Gasteiger partial charge in [-0.2, -0.15) is 0 Å². The number of nitrogens with zero attached hydrogens (tertiary/aromatic N) is 4. The van der Waals surface area contributed by atoms with Crippen molar-refractivity contribution < 1.29 is 4.79 Å². The zero-order valence-electron chi connectivity index (χ0n) is 15.5. The minimum atomic E-state index is 0.0863. The van der Waals surface area contributed by atoms with Gasteiger partial charge in [0.1, 0.15) is 10.7 Å². The van der Waals surface area contributed by atoms with Crippen molar-refractivity contribution in [1.29, 1.82) is 0 Å². The minimum absolute atomic E-state index is 0.0863. The van der Waals surface area contributed by atoms with E-state index in [1.807, 2.05) is 22.7 Å². The molecule has 3 aromatic heterocycles. The minimum Gasteiger partial charge on any atom is -0.353 e. The number of carbonyl (C=O) groups is 1. The third-order valence-electron chi connectivity index (χ3n) is 5.65. The maximum absolute atomic E-state index is 12.3. The number of aromatic nitrogens is 4. The number of thioether (sulfide) groups is 1. The summed E-state index contributed by atoms with van der Waals surface area (Å²) in [7, 11) is 0. The largest absolute Gasteiger partial charge is 0.353 e. The molecule has 142 valence electrons. The third-order valence-corrected chi connectivity index (χ3v) is 7.76. The lowest BCUT2D eigenvalue weighted by molar-refractivity contribution is -0.119. The highest BCUT2D eigenvalue weighted by atomic mass is 32.2. The van der Waals surface area contributed by atoms with E-state index in [9.17, 15) is 4.79 Å². The van der Waals surface area contributed by atoms with Crippen molar-refractivity contribution in [2.75, 3.05) is 5.75 Å². The summed E-state index contributed by atoms with van der Waals surface area (Å²) >= 11 is 3.26. The van der Waals surface area contributed by atoms with Gasteiger partial charge in [-0.15, -0.1) is 21.5 Å². The van der Waals surface area contributed by atoms with Crippen LogP contribution in [0.1, 0.15) is 54.8 Å². The van der Waals surface area contributed by atoms with Crippen LogP contribution in [0.15, 0.2) is 5.16 Å². The zero-order chi connectivity index (χ0) is 18.4. The van der Waals surface area contributed by atoms with Crippen molar-refractivity contribution in [2.24, 2.45) is 0 Å². The number of amides is 1. The maximum atomic E-state index is 12.3. The summed E-state index contributed by atoms with van der Waals surface area (Å²) < 4.78 is 2.03. The summed E-state index contributed by atoms with van der Waals surface area (Å²) in [6.07, 6.45) is 9.41. The topological polar surface area (TPSA) is 72.2 Å². The van der Waals surface area contributed by atoms with Gasteiger partial charge in [-0.1, -0.05) is 24.6 Å². The summed E-state index contributed by atoms with van der Waals surface area (Å²) in [6.45, 7) is 2.00. The standard InChI is InChI=1S/C19H23N5OS2/c1-11-20-18-16(13-8-4-5-9-14(13)27-18)17-22-23-19(24(11)17)26-10-15(25)21-12-6-2-3-7-12/h12H,2-10H2,1H3,(H,21,25). The first-order valence-corrected chi connectivity index (χ1v) is 11.6. The van der Waals surface area contributed by atoms with E-state index >= 15 is 0 Å². The highest BCUT2D eigenvalue weighted by Gasteiger charge is 2.23. The molecule has 0 aromatic carbocycles. The molecule has 1 amide bonds. The molecule has 27 heavy (non-hydrogen) atoms. The molecule has 0 spiro atoms. The molecule has 2 aliphatic rings. The fourth-order valence-electron chi connectivity index (χ4n) is 4.34. The molecule has 8 heteroatoms. The highest BCUT2D eigenvalue weighted by molar-refractivity contribution is 7.99. The van der Waals surface area contributed by atoms with E-state index in [1.165, 1.54) is 53.3 Å². The number of rotatable bonds is 4. The summed E-state index contributed by atoms with van der Waals surface area (Å²) in [5.74, 6) is 1.35. The molecule has 0 radical (unpaired) electrons. The Bertz CT molecular complexity index is 1020. The Morgan fingerprint density at radius 2 is 2.04 bits per heavy atom. The van der Waals surface area contributed by atoms with Crippen LogP contribution in [0.25, 0.3) is 15.9 Å². The van der Waals surface area contributed by atoms with Crippen LogP contribution in [-0.2, 0) is 17.6 Å². The number of carbonyl (C=O) groups excluding carboxylic acids is 1. The average molecular weight is 402 g/mol. The molecule has 3 aromatic rings. The van der Waals surface area contributed by atoms with Crippen molar-refractivity contribution in [2.45, 2.75) is 69.5 Å². The summed E-state index contributed by atoms with van der Waals surface area (Å²) in [5.41, 5.74) is 2.32. The molecular weight excluding hydrogens is 378 g/mol. The predicted octanol–water partition coefficient (Wildman–Crippen LogP) is 3.68. The van der Waals surface area contributed by atoms with Crippen molar-refractivity contribution in [1.82, 2.24) is 24.9 Å². The normalized spacial score (nSPS) is 17.7. The molecule has 0 atom stereocenters. The van der Waals surface area contributed by atoms with Gasteiger partial charge in [0.2, 0.25) is 5.91 Å². The molecule has 0 unspecified atom stereocenters. The van der Waals surface area contributed by atoms with E-state index < -0.39 is 0 Å². The van der Waals surface area contributed by atoms with E-state index in [2.05, 4.69) is 15.5 Å². The van der Waals surface area contributed by atoms with Crippen molar-refractivity contribution in [3.8, 4) is 0 Å². The Labute approximate surface area is 166 Å². The lowest BCUT2D eigenvalue weighted by atomic mass is 9.97. The van der Waals surface area contributed by atoms with Gasteiger partial charge in [0, 0.05) is 10.9 Å². The molecule has 6 nitrogen and oxygen atoms in total. The zero-order valence-corrected chi connectivity index (χ0v) is 17.1. The fraction of sp³-hybridized carbons (Fsp3) is 0.579. The molecule has 2 aliphatic carbocycles. The van der Waals surface area contributed by atoms with E-state index in [1.54, 1.807) is 0 Å². The van der Waals surface area contributed by atoms with Gasteiger partial charge in [-0.3, -0.25) is 9.20 Å². The second-order valence-electron chi connectivity index (χ2n) is 7.53. The summed E-state index contributed by atoms with van der Waals surface area (Å²) in [6, 6.07) is 0.355. The van der Waals surface area contributed by atoms with Gasteiger partial charge in [-0.05, 0) is 51.0 Å². The SMILES string of the molecule is Cc1nc2sc3c(c2c2nnc(SCC(=O)NC4CCCC4)n12)CCCC3. The first-order chi connectivity index (χ1) is 13.2. The van der Waals surface area contributed by atoms with Gasteiger partial charge < -0.3 is 5.32 Å². The molecular formula is C19H23N5OS2. The molecule has 3 heterocycles. The van der Waals surface area contributed by atoms with Crippen molar-refractivity contribution in [3.05, 3.63) is 16.3 Å². The van der Waals surface area contributed by atoms with Crippen LogP contribution in [0.2, 0.25) is 0 Å². The van der Waals surface area contributed by atoms with Crippen LogP contribution in [0.3, 0.4) is 0 Å². The molecule has 0 saturated heterocycles. The number of fused-ring (bicyclic) bond motifs is 5. The summed E-state index contributed by atoms with van der Waals surface area (Å²) in [4.78, 5) is 19.7. The Morgan fingerprint density at radius 3 is 2.89 bits per heavy atom. The van der Waals surface area contributed by atoms with E-state index in [-0.39, 0.29) is 5.91 Å². The van der Waals surface area contributed by atoms with Crippen molar-refractivity contribution in [3.63, 3.8) is 0 Å². The average Bonchev–Trinajstić information content (AvgIpc) is 3.37. The molecule has 1 fully saturated rings. The number of thiophene rings is 1. The lowest BCUT2D eigenvalue weighted by Gasteiger charge is -2.11. The van der Waals surface area contributed by atoms with E-state index in [0.29, 0.717) is 11.8 Å². The lowest BCUT2D eigenvalue weighted by Crippen LogP contribution is -2.33. The van der Waals surface area contributed by atoms with Crippen LogP contribution in [0.5, 0.6) is 0 Å². The van der Waals surface area contributed by atoms with Gasteiger partial charge in [0.15, 0.2) is 10.8 Å². The number of hydrogen-bond acceptors (Lipinski definition) is 6. The van der Waals surface area contributed by atoms with E-state index in [4.69, 9.17) is 4.98 Å². The molecule has 1 N–H and O–H groups in total. The van der Waals surface area contributed by atoms with Crippen LogP contribution in [0, 0.1) is 6.92 Å². The van der Waals surface area contributed by atoms with Crippen LogP contribution in [0.4, 0.5) is 0 Å². The Morgan fingerprint density at radius 1 is 1.22 bits per heavy atom. The predicted molar refractivity (Wildman–Crippen MR) is 109 cm³/mol. The monoisotopic (exact) mass is 401 g/mol. The fourth-order valence-corrected chi connectivity index (χ4v) is 6.44. The smallest absolute Gasteiger partial charge is 0.230 e. The molecule has 5 rings (SSSR count). The molecule has 0 aliphatic heterocycles. The van der Waals surface area contributed by atoms with Gasteiger partial charge >= 0.3 is 0 Å². The first-order valence-electron chi connectivity index (χ1n) is 9.79. The van der Waals surface area contributed by atoms with Crippen molar-refractivity contribution >= 4 is 44.9 Å². The Hall–Kier alpha value is -1.67. The van der Waals surface area contributed by atoms with Crippen LogP contribution >= 0.6 is 23.1 Å². The third kappa shape index (κ3) is 3.12. The molecule has 1 saturated carbocycles. The molecule has 0 bridgehead atoms. The Kier molecular flexibility index (Phi) is 4.55. The highest BCUT2D eigenvalue weighted by Crippen LogP contribution is 2.38. The quantitative estimate of drug-likeness (QED) is 0.675. The number of hydrogen-bond donors (Lipinski definition) is 1. The maximum Gasteiger partial charge on any atom is 0.230 e. The number of aryl methyl sites for hydroxylation is 3. The van der Waals surface area contributed by atoms with Gasteiger partial charge in [0.05, 0.1) is 11.1 Å². The Balaban J connectivity index is 1.44. The van der Waals surface area contributed by atoms with Gasteiger partial charge in [0.25, 0.3) is 0 Å². The van der Waals surface area contributed by atoms with Crippen LogP contribution < -0.4 is 5.32 Å². The second-order valence-corrected chi connectivity index (χ2v) is 9.56. The van der Waals surface area contributed by atoms with E-state index in [0.717, 1.165) is 47.1 Å². The second kappa shape index (κ2) is 7.05.